The van der Waals surface area contributed by atoms with E-state index in [0.717, 1.165) is 26.1 Å². The highest BCUT2D eigenvalue weighted by Gasteiger charge is 2.34. The van der Waals surface area contributed by atoms with Gasteiger partial charge in [-0.05, 0) is 40.8 Å². The Kier molecular flexibility index (Phi) is 5.56. The second kappa shape index (κ2) is 6.50. The molecule has 2 atom stereocenters. The Morgan fingerprint density at radius 3 is 2.50 bits per heavy atom. The Hall–Kier alpha value is -0.650. The van der Waals surface area contributed by atoms with Gasteiger partial charge in [0.2, 0.25) is 5.91 Å². The molecule has 1 amide bonds. The van der Waals surface area contributed by atoms with Crippen LogP contribution in [0.1, 0.15) is 27.2 Å². The molecule has 2 N–H and O–H groups in total. The summed E-state index contributed by atoms with van der Waals surface area (Å²) < 4.78 is 0. The first-order chi connectivity index (χ1) is 8.43. The van der Waals surface area contributed by atoms with Gasteiger partial charge in [0.1, 0.15) is 0 Å². The summed E-state index contributed by atoms with van der Waals surface area (Å²) in [6.07, 6.45) is 0.753. The molecule has 5 heteroatoms. The maximum absolute atomic E-state index is 12.2. The number of β-amino-alcohol motifs (C(OH)–C–C–N with tert-alkyl or cyclic N) is 1. The van der Waals surface area contributed by atoms with Crippen LogP contribution >= 0.6 is 0 Å². The molecule has 106 valence electrons. The van der Waals surface area contributed by atoms with Crippen molar-refractivity contribution >= 4 is 5.91 Å². The summed E-state index contributed by atoms with van der Waals surface area (Å²) in [7, 11) is 1.91. The normalized spacial score (nSPS) is 25.4. The number of hydrogen-bond donors (Lipinski definition) is 2. The van der Waals surface area contributed by atoms with Gasteiger partial charge < -0.3 is 15.3 Å². The Morgan fingerprint density at radius 2 is 2.06 bits per heavy atom. The fraction of sp³-hybridized carbons (Fsp3) is 0.923. The molecule has 5 nitrogen and oxygen atoms in total. The lowest BCUT2D eigenvalue weighted by atomic mass is 10.0. The van der Waals surface area contributed by atoms with E-state index in [4.69, 9.17) is 0 Å². The number of carbonyl (C=O) groups is 1. The average molecular weight is 257 g/mol. The fourth-order valence-corrected chi connectivity index (χ4v) is 2.45. The molecule has 2 unspecified atom stereocenters. The number of nitrogens with zero attached hydrogens (tertiary/aromatic N) is 2. The van der Waals surface area contributed by atoms with Crippen LogP contribution in [0.15, 0.2) is 0 Å². The fourth-order valence-electron chi connectivity index (χ4n) is 2.45. The van der Waals surface area contributed by atoms with Crippen LogP contribution in [0.5, 0.6) is 0 Å². The topological polar surface area (TPSA) is 55.8 Å². The summed E-state index contributed by atoms with van der Waals surface area (Å²) in [6, 6.07) is -0.186. The summed E-state index contributed by atoms with van der Waals surface area (Å²) >= 11 is 0. The molecular weight excluding hydrogens is 230 g/mol. The zero-order valence-electron chi connectivity index (χ0n) is 12.1. The number of amides is 1. The van der Waals surface area contributed by atoms with E-state index < -0.39 is 5.60 Å². The summed E-state index contributed by atoms with van der Waals surface area (Å²) in [4.78, 5) is 16.0. The van der Waals surface area contributed by atoms with Crippen molar-refractivity contribution in [1.82, 2.24) is 15.1 Å². The van der Waals surface area contributed by atoms with Crippen molar-refractivity contribution in [3.05, 3.63) is 0 Å². The lowest BCUT2D eigenvalue weighted by Crippen LogP contribution is -2.51. The summed E-state index contributed by atoms with van der Waals surface area (Å²) in [5.41, 5.74) is -0.688. The minimum atomic E-state index is -0.688. The van der Waals surface area contributed by atoms with Gasteiger partial charge in [0, 0.05) is 26.2 Å². The third kappa shape index (κ3) is 3.67. The van der Waals surface area contributed by atoms with Crippen molar-refractivity contribution in [3.63, 3.8) is 0 Å². The highest BCUT2D eigenvalue weighted by Crippen LogP contribution is 2.17. The smallest absolute Gasteiger partial charge is 0.239 e. The maximum Gasteiger partial charge on any atom is 0.239 e. The van der Waals surface area contributed by atoms with Gasteiger partial charge in [0.15, 0.2) is 0 Å². The third-order valence-electron chi connectivity index (χ3n) is 3.86. The Morgan fingerprint density at radius 1 is 1.44 bits per heavy atom. The summed E-state index contributed by atoms with van der Waals surface area (Å²) in [5.74, 6) is 0.136. The van der Waals surface area contributed by atoms with Crippen molar-refractivity contribution in [1.29, 1.82) is 0 Å². The summed E-state index contributed by atoms with van der Waals surface area (Å²) in [6.45, 7) is 9.36. The molecule has 1 aliphatic heterocycles. The molecular formula is C13H27N3O2. The average Bonchev–Trinajstić information content (AvgIpc) is 2.76. The molecule has 0 aromatic heterocycles. The largest absolute Gasteiger partial charge is 0.387 e. The lowest BCUT2D eigenvalue weighted by Gasteiger charge is -2.33. The summed E-state index contributed by atoms with van der Waals surface area (Å²) in [5, 5.41) is 13.5. The van der Waals surface area contributed by atoms with E-state index in [9.17, 15) is 9.90 Å². The van der Waals surface area contributed by atoms with E-state index in [1.165, 1.54) is 0 Å². The monoisotopic (exact) mass is 257 g/mol. The zero-order chi connectivity index (χ0) is 13.8. The van der Waals surface area contributed by atoms with Gasteiger partial charge in [-0.25, -0.2) is 0 Å². The van der Waals surface area contributed by atoms with E-state index in [-0.39, 0.29) is 11.9 Å². The van der Waals surface area contributed by atoms with Crippen molar-refractivity contribution in [2.75, 3.05) is 39.8 Å². The third-order valence-corrected chi connectivity index (χ3v) is 3.86. The first-order valence-electron chi connectivity index (χ1n) is 6.85. The van der Waals surface area contributed by atoms with Crippen molar-refractivity contribution < 1.29 is 9.90 Å². The molecule has 1 rings (SSSR count). The van der Waals surface area contributed by atoms with E-state index in [0.29, 0.717) is 13.1 Å². The van der Waals surface area contributed by atoms with Crippen LogP contribution < -0.4 is 5.32 Å². The first-order valence-corrected chi connectivity index (χ1v) is 6.85. The van der Waals surface area contributed by atoms with Crippen LogP contribution in [0.3, 0.4) is 0 Å². The predicted molar refractivity (Wildman–Crippen MR) is 72.5 cm³/mol. The van der Waals surface area contributed by atoms with E-state index in [1.54, 1.807) is 0 Å². The van der Waals surface area contributed by atoms with Crippen LogP contribution in [0.4, 0.5) is 0 Å². The number of aliphatic hydroxyl groups is 1. The van der Waals surface area contributed by atoms with Gasteiger partial charge in [0.05, 0.1) is 11.6 Å². The minimum absolute atomic E-state index is 0.136. The molecule has 0 aromatic rings. The van der Waals surface area contributed by atoms with Gasteiger partial charge in [-0.15, -0.1) is 0 Å². The van der Waals surface area contributed by atoms with Gasteiger partial charge in [-0.2, -0.15) is 0 Å². The van der Waals surface area contributed by atoms with Gasteiger partial charge in [-0.3, -0.25) is 9.69 Å². The van der Waals surface area contributed by atoms with E-state index in [2.05, 4.69) is 5.32 Å². The standard InChI is InChI=1S/C13H27N3O2/c1-5-16(6-2)12(17)11(3)15(4)10-13(18)7-8-14-9-13/h11,14,18H,5-10H2,1-4H3. The minimum Gasteiger partial charge on any atom is -0.387 e. The molecule has 0 aromatic carbocycles. The number of carbonyl (C=O) groups excluding carboxylic acids is 1. The van der Waals surface area contributed by atoms with Crippen molar-refractivity contribution in [2.24, 2.45) is 0 Å². The van der Waals surface area contributed by atoms with Gasteiger partial charge >= 0.3 is 0 Å². The molecule has 1 fully saturated rings. The second-order valence-electron chi connectivity index (χ2n) is 5.25. The number of hydrogen-bond acceptors (Lipinski definition) is 4. The van der Waals surface area contributed by atoms with Crippen LogP contribution in [0.25, 0.3) is 0 Å². The SMILES string of the molecule is CCN(CC)C(=O)C(C)N(C)CC1(O)CCNC1. The molecule has 0 saturated carbocycles. The molecule has 0 aliphatic carbocycles. The highest BCUT2D eigenvalue weighted by atomic mass is 16.3. The number of likely N-dealkylation sites (N-methyl/N-ethyl adjacent to an activating group) is 2. The van der Waals surface area contributed by atoms with Crippen LogP contribution in [0.2, 0.25) is 0 Å². The molecule has 0 radical (unpaired) electrons. The molecule has 1 saturated heterocycles. The molecule has 0 spiro atoms. The first kappa shape index (κ1) is 15.4. The second-order valence-corrected chi connectivity index (χ2v) is 5.25. The van der Waals surface area contributed by atoms with Crippen molar-refractivity contribution in [3.8, 4) is 0 Å². The molecule has 18 heavy (non-hydrogen) atoms. The molecule has 1 aliphatic rings. The predicted octanol–water partition coefficient (Wildman–Crippen LogP) is -0.100. The molecule has 0 bridgehead atoms. The molecule has 1 heterocycles. The van der Waals surface area contributed by atoms with Gasteiger partial charge in [0.25, 0.3) is 0 Å². The maximum atomic E-state index is 12.2. The Bertz CT molecular complexity index is 273. The van der Waals surface area contributed by atoms with Crippen LogP contribution in [-0.2, 0) is 4.79 Å². The van der Waals surface area contributed by atoms with Crippen molar-refractivity contribution in [2.45, 2.75) is 38.8 Å². The zero-order valence-corrected chi connectivity index (χ0v) is 12.1. The van der Waals surface area contributed by atoms with Crippen LogP contribution in [-0.4, -0.2) is 72.2 Å². The Labute approximate surface area is 110 Å². The van der Waals surface area contributed by atoms with Crippen LogP contribution in [0, 0.1) is 0 Å². The van der Waals surface area contributed by atoms with E-state index in [1.807, 2.05) is 37.6 Å². The number of nitrogens with one attached hydrogen (secondary N) is 1. The van der Waals surface area contributed by atoms with Gasteiger partial charge in [-0.1, -0.05) is 0 Å². The highest BCUT2D eigenvalue weighted by molar-refractivity contribution is 5.81. The Balaban J connectivity index is 2.54. The number of rotatable bonds is 6. The quantitative estimate of drug-likeness (QED) is 0.698. The lowest BCUT2D eigenvalue weighted by molar-refractivity contribution is -0.136. The van der Waals surface area contributed by atoms with E-state index >= 15 is 0 Å².